The van der Waals surface area contributed by atoms with Crippen LogP contribution in [-0.4, -0.2) is 49.2 Å². The first-order valence-corrected chi connectivity index (χ1v) is 6.15. The molecule has 1 heterocycles. The Hall–Kier alpha value is -0.750. The summed E-state index contributed by atoms with van der Waals surface area (Å²) in [5, 5.41) is 3.01. The van der Waals surface area contributed by atoms with Gasteiger partial charge in [-0.15, -0.1) is 0 Å². The summed E-state index contributed by atoms with van der Waals surface area (Å²) in [6.45, 7) is 1.77. The summed E-state index contributed by atoms with van der Waals surface area (Å²) in [6, 6.07) is 0. The highest BCUT2D eigenvalue weighted by Gasteiger charge is 2.46. The normalized spacial score (nSPS) is 23.1. The molecule has 0 atom stereocenters. The van der Waals surface area contributed by atoms with Gasteiger partial charge in [-0.2, -0.15) is 8.78 Å². The number of nitrogens with one attached hydrogen (secondary N) is 1. The van der Waals surface area contributed by atoms with Gasteiger partial charge in [0.05, 0.1) is 6.10 Å². The van der Waals surface area contributed by atoms with Gasteiger partial charge in [0.25, 0.3) is 0 Å². The molecule has 2 aliphatic rings. The molecule has 2 fully saturated rings. The first-order chi connectivity index (χ1) is 8.09. The van der Waals surface area contributed by atoms with E-state index in [-0.39, 0.29) is 0 Å². The van der Waals surface area contributed by atoms with Crippen molar-refractivity contribution in [1.82, 2.24) is 10.2 Å². The van der Waals surface area contributed by atoms with E-state index in [9.17, 15) is 13.6 Å². The third kappa shape index (κ3) is 3.13. The van der Waals surface area contributed by atoms with Gasteiger partial charge in [-0.25, -0.2) is 0 Å². The van der Waals surface area contributed by atoms with Crippen molar-refractivity contribution >= 4 is 5.91 Å². The molecule has 0 radical (unpaired) electrons. The molecule has 17 heavy (non-hydrogen) atoms. The van der Waals surface area contributed by atoms with E-state index < -0.39 is 18.1 Å². The number of alkyl halides is 2. The van der Waals surface area contributed by atoms with Crippen LogP contribution in [0, 0.1) is 0 Å². The monoisotopic (exact) mass is 248 g/mol. The van der Waals surface area contributed by atoms with Crippen LogP contribution in [0.1, 0.15) is 25.7 Å². The van der Waals surface area contributed by atoms with E-state index in [0.29, 0.717) is 39.0 Å². The van der Waals surface area contributed by atoms with Crippen molar-refractivity contribution in [2.45, 2.75) is 37.9 Å². The molecular formula is C11H18F2N2O2. The summed E-state index contributed by atoms with van der Waals surface area (Å²) in [7, 11) is 0. The van der Waals surface area contributed by atoms with Crippen molar-refractivity contribution in [3.8, 4) is 0 Å². The van der Waals surface area contributed by atoms with E-state index in [1.165, 1.54) is 4.90 Å². The molecule has 1 saturated heterocycles. The minimum Gasteiger partial charge on any atom is -0.333 e. The van der Waals surface area contributed by atoms with Crippen molar-refractivity contribution < 1.29 is 18.3 Å². The van der Waals surface area contributed by atoms with Crippen LogP contribution in [0.5, 0.6) is 0 Å². The van der Waals surface area contributed by atoms with Gasteiger partial charge in [0.1, 0.15) is 0 Å². The molecule has 0 aromatic carbocycles. The predicted octanol–water partition coefficient (Wildman–Crippen LogP) is 0.970. The Bertz CT molecular complexity index is 275. The van der Waals surface area contributed by atoms with E-state index in [4.69, 9.17) is 0 Å². The number of halogens is 2. The second-order valence-electron chi connectivity index (χ2n) is 4.58. The average molecular weight is 248 g/mol. The zero-order chi connectivity index (χ0) is 12.3. The number of ether oxygens (including phenoxy) is 1. The summed E-state index contributed by atoms with van der Waals surface area (Å²) in [4.78, 5) is 12.8. The van der Waals surface area contributed by atoms with E-state index in [1.54, 1.807) is 0 Å². The molecule has 0 spiro atoms. The Labute approximate surface area is 99.3 Å². The van der Waals surface area contributed by atoms with Gasteiger partial charge in [0.15, 0.2) is 0 Å². The highest BCUT2D eigenvalue weighted by Crippen LogP contribution is 2.29. The molecule has 0 aromatic heterocycles. The summed E-state index contributed by atoms with van der Waals surface area (Å²) in [5.74, 6) is -1.19. The summed E-state index contributed by atoms with van der Waals surface area (Å²) >= 11 is 0. The highest BCUT2D eigenvalue weighted by molar-refractivity contribution is 5.82. The fraction of sp³-hybridized carbons (Fsp3) is 0.909. The molecule has 0 unspecified atom stereocenters. The molecule has 0 aromatic rings. The number of amides is 1. The van der Waals surface area contributed by atoms with Crippen LogP contribution in [0.25, 0.3) is 0 Å². The van der Waals surface area contributed by atoms with Gasteiger partial charge in [0.2, 0.25) is 0 Å². The predicted molar refractivity (Wildman–Crippen MR) is 57.7 cm³/mol. The summed E-state index contributed by atoms with van der Waals surface area (Å²) in [5.41, 5.74) is 0. The lowest BCUT2D eigenvalue weighted by molar-refractivity contribution is -0.256. The van der Waals surface area contributed by atoms with E-state index >= 15 is 0 Å². The van der Waals surface area contributed by atoms with E-state index in [0.717, 1.165) is 12.8 Å². The number of hydrogen-bond donors (Lipinski definition) is 1. The molecule has 1 amide bonds. The molecule has 6 heteroatoms. The zero-order valence-corrected chi connectivity index (χ0v) is 9.75. The molecule has 4 nitrogen and oxygen atoms in total. The standard InChI is InChI=1S/C11H18F2N2O2/c12-11(13,17-9-3-1-2-4-9)10(16)15-7-5-14-6-8-15/h9,14H,1-8H2. The maximum atomic E-state index is 13.6. The van der Waals surface area contributed by atoms with Crippen molar-refractivity contribution in [1.29, 1.82) is 0 Å². The van der Waals surface area contributed by atoms with Crippen LogP contribution in [0.4, 0.5) is 8.78 Å². The maximum Gasteiger partial charge on any atom is 0.436 e. The second kappa shape index (κ2) is 5.27. The van der Waals surface area contributed by atoms with Crippen LogP contribution in [0.15, 0.2) is 0 Å². The molecule has 1 aliphatic carbocycles. The average Bonchev–Trinajstić information content (AvgIpc) is 2.81. The quantitative estimate of drug-likeness (QED) is 0.809. The van der Waals surface area contributed by atoms with E-state index in [2.05, 4.69) is 10.1 Å². The number of nitrogens with zero attached hydrogens (tertiary/aromatic N) is 1. The van der Waals surface area contributed by atoms with Crippen LogP contribution < -0.4 is 5.32 Å². The van der Waals surface area contributed by atoms with Gasteiger partial charge in [-0.1, -0.05) is 12.8 Å². The molecule has 98 valence electrons. The lowest BCUT2D eigenvalue weighted by atomic mass is 10.3. The van der Waals surface area contributed by atoms with Gasteiger partial charge in [-0.05, 0) is 12.8 Å². The van der Waals surface area contributed by atoms with Gasteiger partial charge >= 0.3 is 12.0 Å². The SMILES string of the molecule is O=C(N1CCNCC1)C(F)(F)OC1CCCC1. The number of piperazine rings is 1. The molecule has 0 bridgehead atoms. The third-order valence-electron chi connectivity index (χ3n) is 3.27. The maximum absolute atomic E-state index is 13.6. The molecule has 1 aliphatic heterocycles. The van der Waals surface area contributed by atoms with Crippen molar-refractivity contribution in [3.05, 3.63) is 0 Å². The minimum absolute atomic E-state index is 0.322. The van der Waals surface area contributed by atoms with E-state index in [1.807, 2.05) is 0 Å². The largest absolute Gasteiger partial charge is 0.436 e. The van der Waals surface area contributed by atoms with Crippen LogP contribution in [0.2, 0.25) is 0 Å². The molecule has 1 saturated carbocycles. The lowest BCUT2D eigenvalue weighted by Gasteiger charge is -2.31. The minimum atomic E-state index is -3.66. The zero-order valence-electron chi connectivity index (χ0n) is 9.75. The van der Waals surface area contributed by atoms with Gasteiger partial charge < -0.3 is 15.0 Å². The lowest BCUT2D eigenvalue weighted by Crippen LogP contribution is -2.53. The third-order valence-corrected chi connectivity index (χ3v) is 3.27. The Morgan fingerprint density at radius 2 is 1.82 bits per heavy atom. The van der Waals surface area contributed by atoms with Crippen molar-refractivity contribution in [2.75, 3.05) is 26.2 Å². The number of carbonyl (C=O) groups excluding carboxylic acids is 1. The molecular weight excluding hydrogens is 230 g/mol. The Kier molecular flexibility index (Phi) is 3.93. The molecule has 2 rings (SSSR count). The fourth-order valence-electron chi connectivity index (χ4n) is 2.32. The van der Waals surface area contributed by atoms with Crippen LogP contribution >= 0.6 is 0 Å². The fourth-order valence-corrected chi connectivity index (χ4v) is 2.32. The number of hydrogen-bond acceptors (Lipinski definition) is 3. The highest BCUT2D eigenvalue weighted by atomic mass is 19.3. The number of carbonyl (C=O) groups is 1. The van der Waals surface area contributed by atoms with Crippen molar-refractivity contribution in [2.24, 2.45) is 0 Å². The second-order valence-corrected chi connectivity index (χ2v) is 4.58. The first-order valence-electron chi connectivity index (χ1n) is 6.15. The summed E-state index contributed by atoms with van der Waals surface area (Å²) < 4.78 is 31.9. The first kappa shape index (κ1) is 12.7. The Morgan fingerprint density at radius 3 is 2.41 bits per heavy atom. The Morgan fingerprint density at radius 1 is 1.24 bits per heavy atom. The van der Waals surface area contributed by atoms with Crippen molar-refractivity contribution in [3.63, 3.8) is 0 Å². The van der Waals surface area contributed by atoms with Gasteiger partial charge in [0, 0.05) is 26.2 Å². The summed E-state index contributed by atoms with van der Waals surface area (Å²) in [6.07, 6.45) is -1.05. The van der Waals surface area contributed by atoms with Gasteiger partial charge in [-0.3, -0.25) is 4.79 Å². The topological polar surface area (TPSA) is 41.6 Å². The Balaban J connectivity index is 1.90. The van der Waals surface area contributed by atoms with Crippen LogP contribution in [0.3, 0.4) is 0 Å². The van der Waals surface area contributed by atoms with Crippen LogP contribution in [-0.2, 0) is 9.53 Å². The number of rotatable bonds is 3. The smallest absolute Gasteiger partial charge is 0.333 e. The molecule has 1 N–H and O–H groups in total.